The van der Waals surface area contributed by atoms with E-state index in [1.807, 2.05) is 37.3 Å². The van der Waals surface area contributed by atoms with Gasteiger partial charge in [0.2, 0.25) is 11.9 Å². The number of nitrogens with one attached hydrogen (secondary N) is 2. The lowest BCUT2D eigenvalue weighted by Crippen LogP contribution is -2.22. The molecule has 0 radical (unpaired) electrons. The van der Waals surface area contributed by atoms with E-state index in [1.54, 1.807) is 12.1 Å². The molecule has 0 spiro atoms. The molecular weight excluding hydrogens is 414 g/mol. The predicted octanol–water partition coefficient (Wildman–Crippen LogP) is 4.84. The van der Waals surface area contributed by atoms with E-state index >= 15 is 0 Å². The van der Waals surface area contributed by atoms with Crippen molar-refractivity contribution >= 4 is 17.8 Å². The molecule has 2 N–H and O–H groups in total. The van der Waals surface area contributed by atoms with Crippen LogP contribution in [0.15, 0.2) is 78.9 Å². The van der Waals surface area contributed by atoms with Gasteiger partial charge < -0.3 is 15.4 Å². The second-order valence-corrected chi connectivity index (χ2v) is 7.84. The Morgan fingerprint density at radius 2 is 1.39 bits per heavy atom. The fourth-order valence-electron chi connectivity index (χ4n) is 3.17. The molecular formula is C26H27N5O2. The van der Waals surface area contributed by atoms with E-state index in [0.29, 0.717) is 30.7 Å². The molecule has 0 atom stereocenters. The van der Waals surface area contributed by atoms with E-state index < -0.39 is 0 Å². The standard InChI is InChI=1S/C26H27N5O2/c1-19-8-12-21(13-9-19)16-27-25-29-26(28-17-22-14-10-20(2)11-15-22)31(30-25)24(32)18-33-23-6-4-3-5-7-23/h3-15H,16-18H2,1-2H3,(H2,27,28,29,30). The molecule has 7 heteroatoms. The van der Waals surface area contributed by atoms with Gasteiger partial charge in [0, 0.05) is 13.1 Å². The molecule has 7 nitrogen and oxygen atoms in total. The van der Waals surface area contributed by atoms with Crippen molar-refractivity contribution in [3.05, 3.63) is 101 Å². The maximum Gasteiger partial charge on any atom is 0.288 e. The third-order valence-electron chi connectivity index (χ3n) is 5.09. The summed E-state index contributed by atoms with van der Waals surface area (Å²) < 4.78 is 6.88. The molecule has 3 aromatic carbocycles. The molecule has 0 saturated heterocycles. The van der Waals surface area contributed by atoms with Crippen molar-refractivity contribution < 1.29 is 9.53 Å². The summed E-state index contributed by atoms with van der Waals surface area (Å²) in [4.78, 5) is 17.4. The number of anilines is 2. The van der Waals surface area contributed by atoms with Gasteiger partial charge in [-0.1, -0.05) is 77.9 Å². The van der Waals surface area contributed by atoms with Gasteiger partial charge in [0.1, 0.15) is 5.75 Å². The Hall–Kier alpha value is -4.13. The molecule has 1 heterocycles. The molecule has 0 aliphatic heterocycles. The fraction of sp³-hybridized carbons (Fsp3) is 0.192. The van der Waals surface area contributed by atoms with Crippen LogP contribution in [0.25, 0.3) is 0 Å². The van der Waals surface area contributed by atoms with Crippen LogP contribution < -0.4 is 15.4 Å². The highest BCUT2D eigenvalue weighted by atomic mass is 16.5. The summed E-state index contributed by atoms with van der Waals surface area (Å²) in [6.45, 7) is 5.02. The molecule has 33 heavy (non-hydrogen) atoms. The summed E-state index contributed by atoms with van der Waals surface area (Å²) in [5, 5.41) is 10.8. The topological polar surface area (TPSA) is 81.1 Å². The molecule has 4 rings (SSSR count). The quantitative estimate of drug-likeness (QED) is 0.387. The molecule has 0 aliphatic rings. The normalized spacial score (nSPS) is 10.6. The van der Waals surface area contributed by atoms with Crippen LogP contribution in [-0.4, -0.2) is 27.3 Å². The second kappa shape index (κ2) is 10.5. The first-order valence-electron chi connectivity index (χ1n) is 10.8. The summed E-state index contributed by atoms with van der Waals surface area (Å²) in [5.41, 5.74) is 4.58. The van der Waals surface area contributed by atoms with Crippen molar-refractivity contribution in [3.63, 3.8) is 0 Å². The number of carbonyl (C=O) groups excluding carboxylic acids is 1. The van der Waals surface area contributed by atoms with Crippen LogP contribution in [-0.2, 0) is 13.1 Å². The smallest absolute Gasteiger partial charge is 0.288 e. The lowest BCUT2D eigenvalue weighted by atomic mass is 10.1. The number of benzene rings is 3. The highest BCUT2D eigenvalue weighted by Gasteiger charge is 2.17. The Labute approximate surface area is 193 Å². The number of aryl methyl sites for hydroxylation is 2. The number of hydrogen-bond donors (Lipinski definition) is 2. The minimum atomic E-state index is -0.318. The lowest BCUT2D eigenvalue weighted by Gasteiger charge is -2.08. The Balaban J connectivity index is 1.47. The molecule has 0 fully saturated rings. The number of carbonyl (C=O) groups is 1. The van der Waals surface area contributed by atoms with E-state index in [-0.39, 0.29) is 12.5 Å². The summed E-state index contributed by atoms with van der Waals surface area (Å²) in [5.74, 6) is 1.04. The first-order chi connectivity index (χ1) is 16.1. The Morgan fingerprint density at radius 3 is 2.00 bits per heavy atom. The number of nitrogens with zero attached hydrogens (tertiary/aromatic N) is 3. The summed E-state index contributed by atoms with van der Waals surface area (Å²) in [6, 6.07) is 25.6. The van der Waals surface area contributed by atoms with Gasteiger partial charge in [0.05, 0.1) is 0 Å². The minimum Gasteiger partial charge on any atom is -0.484 e. The number of aromatic nitrogens is 3. The first-order valence-corrected chi connectivity index (χ1v) is 10.8. The van der Waals surface area contributed by atoms with Gasteiger partial charge in [-0.3, -0.25) is 4.79 Å². The summed E-state index contributed by atoms with van der Waals surface area (Å²) in [6.07, 6.45) is 0. The van der Waals surface area contributed by atoms with Crippen molar-refractivity contribution in [1.82, 2.24) is 14.8 Å². The molecule has 0 bridgehead atoms. The minimum absolute atomic E-state index is 0.149. The average Bonchev–Trinajstić information content (AvgIpc) is 3.26. The van der Waals surface area contributed by atoms with Crippen molar-refractivity contribution in [2.45, 2.75) is 26.9 Å². The van der Waals surface area contributed by atoms with Crippen LogP contribution in [0.4, 0.5) is 11.9 Å². The molecule has 0 aliphatic carbocycles. The third-order valence-corrected chi connectivity index (χ3v) is 5.09. The molecule has 168 valence electrons. The Morgan fingerprint density at radius 1 is 0.818 bits per heavy atom. The van der Waals surface area contributed by atoms with Crippen molar-refractivity contribution in [3.8, 4) is 5.75 Å². The van der Waals surface area contributed by atoms with E-state index in [0.717, 1.165) is 11.1 Å². The molecule has 0 amide bonds. The maximum absolute atomic E-state index is 12.9. The van der Waals surface area contributed by atoms with Gasteiger partial charge in [-0.2, -0.15) is 9.67 Å². The monoisotopic (exact) mass is 441 g/mol. The lowest BCUT2D eigenvalue weighted by molar-refractivity contribution is 0.0824. The highest BCUT2D eigenvalue weighted by molar-refractivity contribution is 5.82. The van der Waals surface area contributed by atoms with Gasteiger partial charge in [-0.05, 0) is 37.1 Å². The SMILES string of the molecule is Cc1ccc(CNc2nc(NCc3ccc(C)cc3)n(C(=O)COc3ccccc3)n2)cc1. The van der Waals surface area contributed by atoms with Gasteiger partial charge in [-0.15, -0.1) is 5.10 Å². The van der Waals surface area contributed by atoms with Gasteiger partial charge >= 0.3 is 0 Å². The Bertz CT molecular complexity index is 1190. The first kappa shape index (κ1) is 22.1. The number of para-hydroxylation sites is 1. The highest BCUT2D eigenvalue weighted by Crippen LogP contribution is 2.14. The van der Waals surface area contributed by atoms with Crippen LogP contribution in [0.2, 0.25) is 0 Å². The largest absolute Gasteiger partial charge is 0.484 e. The molecule has 1 aromatic heterocycles. The maximum atomic E-state index is 12.9. The van der Waals surface area contributed by atoms with Crippen molar-refractivity contribution in [1.29, 1.82) is 0 Å². The van der Waals surface area contributed by atoms with Crippen molar-refractivity contribution in [2.75, 3.05) is 17.2 Å². The van der Waals surface area contributed by atoms with E-state index in [4.69, 9.17) is 4.74 Å². The third kappa shape index (κ3) is 6.20. The zero-order valence-electron chi connectivity index (χ0n) is 18.8. The zero-order chi connectivity index (χ0) is 23.0. The van der Waals surface area contributed by atoms with Crippen LogP contribution >= 0.6 is 0 Å². The number of hydrogen-bond acceptors (Lipinski definition) is 6. The van der Waals surface area contributed by atoms with Crippen LogP contribution in [0.3, 0.4) is 0 Å². The van der Waals surface area contributed by atoms with Gasteiger partial charge in [0.25, 0.3) is 5.91 Å². The Kier molecular flexibility index (Phi) is 6.99. The fourth-order valence-corrected chi connectivity index (χ4v) is 3.17. The molecule has 0 saturated carbocycles. The number of ether oxygens (including phenoxy) is 1. The predicted molar refractivity (Wildman–Crippen MR) is 130 cm³/mol. The van der Waals surface area contributed by atoms with E-state index in [2.05, 4.69) is 64.0 Å². The average molecular weight is 442 g/mol. The van der Waals surface area contributed by atoms with Gasteiger partial charge in [0.15, 0.2) is 6.61 Å². The number of rotatable bonds is 9. The molecule has 4 aromatic rings. The summed E-state index contributed by atoms with van der Waals surface area (Å²) >= 11 is 0. The van der Waals surface area contributed by atoms with Gasteiger partial charge in [-0.25, -0.2) is 0 Å². The molecule has 0 unspecified atom stereocenters. The van der Waals surface area contributed by atoms with E-state index in [9.17, 15) is 4.79 Å². The van der Waals surface area contributed by atoms with Crippen LogP contribution in [0, 0.1) is 13.8 Å². The van der Waals surface area contributed by atoms with Crippen molar-refractivity contribution in [2.24, 2.45) is 0 Å². The second-order valence-electron chi connectivity index (χ2n) is 7.84. The summed E-state index contributed by atoms with van der Waals surface area (Å²) in [7, 11) is 0. The van der Waals surface area contributed by atoms with E-state index in [1.165, 1.54) is 15.8 Å². The van der Waals surface area contributed by atoms with Crippen LogP contribution in [0.5, 0.6) is 5.75 Å². The van der Waals surface area contributed by atoms with Crippen LogP contribution in [0.1, 0.15) is 27.0 Å². The zero-order valence-corrected chi connectivity index (χ0v) is 18.8.